The number of hydrazone groups is 1. The molecule has 0 unspecified atom stereocenters. The molecule has 0 spiro atoms. The summed E-state index contributed by atoms with van der Waals surface area (Å²) >= 11 is 0. The molecule has 0 bridgehead atoms. The Morgan fingerprint density at radius 1 is 1.29 bits per heavy atom. The van der Waals surface area contributed by atoms with Gasteiger partial charge in [-0.1, -0.05) is 12.1 Å². The van der Waals surface area contributed by atoms with Gasteiger partial charge < -0.3 is 14.5 Å². The molecule has 1 aromatic carbocycles. The molecule has 10 nitrogen and oxygen atoms in total. The first-order valence-electron chi connectivity index (χ1n) is 8.60. The van der Waals surface area contributed by atoms with Crippen molar-refractivity contribution in [2.45, 2.75) is 18.9 Å². The second kappa shape index (κ2) is 8.91. The van der Waals surface area contributed by atoms with Crippen molar-refractivity contribution in [1.29, 1.82) is 0 Å². The summed E-state index contributed by atoms with van der Waals surface area (Å²) in [4.78, 5) is 33.7. The fraction of sp³-hybridized carbons (Fsp3) is 0.278. The number of carbonyl (C=O) groups excluding carboxylic acids is 2. The summed E-state index contributed by atoms with van der Waals surface area (Å²) in [6, 6.07) is 9.21. The van der Waals surface area contributed by atoms with E-state index in [1.54, 1.807) is 24.3 Å². The minimum absolute atomic E-state index is 0.0506. The van der Waals surface area contributed by atoms with Crippen molar-refractivity contribution < 1.29 is 23.7 Å². The smallest absolute Gasteiger partial charge is 0.329 e. The van der Waals surface area contributed by atoms with Crippen LogP contribution in [0.2, 0.25) is 0 Å². The zero-order valence-electron chi connectivity index (χ0n) is 14.8. The standard InChI is InChI=1S/C18H18N4O6/c23-17(19-10-14-5-2-8-27-14)18(24)21-20-11-15-6-7-16(28-15)12-3-1-4-13(9-12)22(25)26/h1,3-4,6-7,9,11,14H,2,5,8,10H2,(H,19,23)(H,21,24)/b20-11+/t14-/m0/s1. The van der Waals surface area contributed by atoms with Crippen molar-refractivity contribution >= 4 is 23.7 Å². The van der Waals surface area contributed by atoms with E-state index in [4.69, 9.17) is 9.15 Å². The molecule has 1 atom stereocenters. The molecule has 2 heterocycles. The average molecular weight is 386 g/mol. The van der Waals surface area contributed by atoms with E-state index in [0.717, 1.165) is 12.8 Å². The number of furan rings is 1. The molecule has 1 aromatic heterocycles. The molecule has 2 amide bonds. The van der Waals surface area contributed by atoms with Crippen LogP contribution >= 0.6 is 0 Å². The molecule has 10 heteroatoms. The highest BCUT2D eigenvalue weighted by atomic mass is 16.6. The largest absolute Gasteiger partial charge is 0.455 e. The first-order valence-corrected chi connectivity index (χ1v) is 8.60. The molecule has 146 valence electrons. The lowest BCUT2D eigenvalue weighted by Gasteiger charge is -2.09. The molecule has 28 heavy (non-hydrogen) atoms. The van der Waals surface area contributed by atoms with Crippen LogP contribution in [0.3, 0.4) is 0 Å². The van der Waals surface area contributed by atoms with E-state index in [2.05, 4.69) is 15.8 Å². The molecule has 1 aliphatic heterocycles. The van der Waals surface area contributed by atoms with Crippen molar-refractivity contribution in [1.82, 2.24) is 10.7 Å². The van der Waals surface area contributed by atoms with Crippen LogP contribution in [0.5, 0.6) is 0 Å². The number of amides is 2. The fourth-order valence-corrected chi connectivity index (χ4v) is 2.65. The number of ether oxygens (including phenoxy) is 1. The Labute approximate surface area is 159 Å². The van der Waals surface area contributed by atoms with Crippen LogP contribution in [-0.2, 0) is 14.3 Å². The van der Waals surface area contributed by atoms with Gasteiger partial charge in [0.15, 0.2) is 0 Å². The summed E-state index contributed by atoms with van der Waals surface area (Å²) in [5.41, 5.74) is 2.59. The topological polar surface area (TPSA) is 136 Å². The molecule has 3 rings (SSSR count). The highest BCUT2D eigenvalue weighted by Gasteiger charge is 2.19. The molecule has 0 radical (unpaired) electrons. The fourth-order valence-electron chi connectivity index (χ4n) is 2.65. The molecule has 2 aromatic rings. The molecular formula is C18H18N4O6. The third-order valence-corrected chi connectivity index (χ3v) is 4.05. The maximum atomic E-state index is 11.7. The van der Waals surface area contributed by atoms with Crippen LogP contribution < -0.4 is 10.7 Å². The van der Waals surface area contributed by atoms with Gasteiger partial charge >= 0.3 is 11.8 Å². The van der Waals surface area contributed by atoms with Crippen molar-refractivity contribution in [2.75, 3.05) is 13.2 Å². The molecular weight excluding hydrogens is 368 g/mol. The highest BCUT2D eigenvalue weighted by Crippen LogP contribution is 2.25. The second-order valence-corrected chi connectivity index (χ2v) is 6.05. The van der Waals surface area contributed by atoms with E-state index in [-0.39, 0.29) is 18.3 Å². The van der Waals surface area contributed by atoms with Gasteiger partial charge in [0, 0.05) is 30.8 Å². The molecule has 0 saturated carbocycles. The Bertz CT molecular complexity index is 901. The number of hydrogen-bond acceptors (Lipinski definition) is 7. The number of hydrogen-bond donors (Lipinski definition) is 2. The van der Waals surface area contributed by atoms with E-state index in [1.807, 2.05) is 0 Å². The highest BCUT2D eigenvalue weighted by molar-refractivity contribution is 6.35. The Kier molecular flexibility index (Phi) is 6.12. The van der Waals surface area contributed by atoms with Gasteiger partial charge in [-0.15, -0.1) is 0 Å². The first kappa shape index (κ1) is 19.2. The van der Waals surface area contributed by atoms with E-state index < -0.39 is 16.7 Å². The number of nitro benzene ring substituents is 1. The predicted molar refractivity (Wildman–Crippen MR) is 98.5 cm³/mol. The van der Waals surface area contributed by atoms with E-state index in [0.29, 0.717) is 23.7 Å². The summed E-state index contributed by atoms with van der Waals surface area (Å²) in [7, 11) is 0. The minimum Gasteiger partial charge on any atom is -0.455 e. The lowest BCUT2D eigenvalue weighted by Crippen LogP contribution is -2.41. The van der Waals surface area contributed by atoms with Crippen molar-refractivity contribution in [3.05, 3.63) is 52.3 Å². The van der Waals surface area contributed by atoms with Crippen LogP contribution in [0.25, 0.3) is 11.3 Å². The van der Waals surface area contributed by atoms with Gasteiger partial charge in [0.1, 0.15) is 11.5 Å². The maximum absolute atomic E-state index is 11.7. The molecule has 1 aliphatic rings. The van der Waals surface area contributed by atoms with Crippen molar-refractivity contribution in [3.8, 4) is 11.3 Å². The lowest BCUT2D eigenvalue weighted by molar-refractivity contribution is -0.384. The third kappa shape index (κ3) is 5.01. The Morgan fingerprint density at radius 2 is 2.14 bits per heavy atom. The van der Waals surface area contributed by atoms with Crippen LogP contribution in [0.1, 0.15) is 18.6 Å². The normalized spacial score (nSPS) is 16.2. The monoisotopic (exact) mass is 386 g/mol. The van der Waals surface area contributed by atoms with Gasteiger partial charge in [-0.05, 0) is 25.0 Å². The van der Waals surface area contributed by atoms with Gasteiger partial charge in [-0.2, -0.15) is 5.10 Å². The second-order valence-electron chi connectivity index (χ2n) is 6.05. The lowest BCUT2D eigenvalue weighted by atomic mass is 10.1. The number of nitrogens with one attached hydrogen (secondary N) is 2. The van der Waals surface area contributed by atoms with Gasteiger partial charge in [0.05, 0.1) is 17.2 Å². The van der Waals surface area contributed by atoms with Crippen molar-refractivity contribution in [2.24, 2.45) is 5.10 Å². The van der Waals surface area contributed by atoms with Crippen LogP contribution in [0.4, 0.5) is 5.69 Å². The van der Waals surface area contributed by atoms with E-state index in [1.165, 1.54) is 18.3 Å². The number of non-ortho nitro benzene ring substituents is 1. The molecule has 0 aliphatic carbocycles. The van der Waals surface area contributed by atoms with Crippen molar-refractivity contribution in [3.63, 3.8) is 0 Å². The Morgan fingerprint density at radius 3 is 2.89 bits per heavy atom. The third-order valence-electron chi connectivity index (χ3n) is 4.05. The average Bonchev–Trinajstić information content (AvgIpc) is 3.38. The maximum Gasteiger partial charge on any atom is 0.329 e. The van der Waals surface area contributed by atoms with Gasteiger partial charge in [-0.25, -0.2) is 5.43 Å². The summed E-state index contributed by atoms with van der Waals surface area (Å²) in [5.74, 6) is -0.989. The van der Waals surface area contributed by atoms with Gasteiger partial charge in [0.2, 0.25) is 0 Å². The number of nitrogens with zero attached hydrogens (tertiary/aromatic N) is 2. The number of benzene rings is 1. The number of carbonyl (C=O) groups is 2. The Balaban J connectivity index is 1.52. The Hall–Kier alpha value is -3.53. The quantitative estimate of drug-likeness (QED) is 0.335. The SMILES string of the molecule is O=C(NC[C@@H]1CCCO1)C(=O)N/N=C/c1ccc(-c2cccc([N+](=O)[O-])c2)o1. The van der Waals surface area contributed by atoms with Gasteiger partial charge in [0.25, 0.3) is 5.69 Å². The molecule has 1 fully saturated rings. The van der Waals surface area contributed by atoms with Crippen LogP contribution in [0.15, 0.2) is 45.9 Å². The molecule has 2 N–H and O–H groups in total. The van der Waals surface area contributed by atoms with Crippen LogP contribution in [0, 0.1) is 10.1 Å². The predicted octanol–water partition coefficient (Wildman–Crippen LogP) is 1.60. The minimum atomic E-state index is -0.903. The van der Waals surface area contributed by atoms with E-state index in [9.17, 15) is 19.7 Å². The van der Waals surface area contributed by atoms with Gasteiger partial charge in [-0.3, -0.25) is 19.7 Å². The zero-order chi connectivity index (χ0) is 19.9. The number of nitro groups is 1. The molecule has 1 saturated heterocycles. The zero-order valence-corrected chi connectivity index (χ0v) is 14.8. The summed E-state index contributed by atoms with van der Waals surface area (Å²) in [5, 5.41) is 17.0. The summed E-state index contributed by atoms with van der Waals surface area (Å²) in [6.07, 6.45) is 2.96. The first-order chi connectivity index (χ1) is 13.5. The number of rotatable bonds is 6. The van der Waals surface area contributed by atoms with Crippen LogP contribution in [-0.4, -0.2) is 42.2 Å². The summed E-state index contributed by atoms with van der Waals surface area (Å²) in [6.45, 7) is 0.944. The van der Waals surface area contributed by atoms with E-state index >= 15 is 0 Å². The summed E-state index contributed by atoms with van der Waals surface area (Å²) < 4.78 is 10.9.